The van der Waals surface area contributed by atoms with E-state index in [2.05, 4.69) is 20.1 Å². The molecule has 1 aliphatic heterocycles. The molecule has 8 nitrogen and oxygen atoms in total. The number of amides is 1. The molecule has 1 amide bonds. The molecule has 2 bridgehead atoms. The summed E-state index contributed by atoms with van der Waals surface area (Å²) in [5.74, 6) is -0.923. The van der Waals surface area contributed by atoms with Crippen molar-refractivity contribution in [3.8, 4) is 22.8 Å². The van der Waals surface area contributed by atoms with Crippen LogP contribution in [0.15, 0.2) is 48.9 Å². The standard InChI is InChI=1S/C24H20F4N4O4/c25-14-1-4-19-16(5-14)18(33)6-20(35-19)21(34)31-22-10-23(11-22,12-22)32-9-13(7-30-32)17-3-2-15(8-29-17)36-24(26,27)28/h1-5,7-9,18,20,33H,6,10-12H2,(H,31,34)/t18-,20-,22?,23?/m1/s1. The smallest absolute Gasteiger partial charge is 0.480 e. The number of fused-ring (bicyclic) bond motifs is 1. The van der Waals surface area contributed by atoms with Crippen molar-refractivity contribution in [1.82, 2.24) is 20.1 Å². The van der Waals surface area contributed by atoms with E-state index >= 15 is 0 Å². The quantitative estimate of drug-likeness (QED) is 0.516. The Kier molecular flexibility index (Phi) is 4.85. The number of hydrogen-bond donors (Lipinski definition) is 2. The number of aliphatic hydroxyl groups excluding tert-OH is 1. The Morgan fingerprint density at radius 3 is 2.67 bits per heavy atom. The van der Waals surface area contributed by atoms with Crippen LogP contribution in [0.1, 0.15) is 37.4 Å². The Balaban J connectivity index is 1.07. The molecule has 3 aromatic rings. The van der Waals surface area contributed by atoms with Gasteiger partial charge in [-0.25, -0.2) is 4.39 Å². The molecule has 3 heterocycles. The van der Waals surface area contributed by atoms with Crippen LogP contribution in [0.2, 0.25) is 0 Å². The van der Waals surface area contributed by atoms with E-state index in [1.807, 2.05) is 4.68 Å². The fourth-order valence-electron chi connectivity index (χ4n) is 5.49. The van der Waals surface area contributed by atoms with Crippen LogP contribution in [0.4, 0.5) is 17.6 Å². The minimum absolute atomic E-state index is 0.0336. The highest BCUT2D eigenvalue weighted by Crippen LogP contribution is 2.65. The number of carbonyl (C=O) groups is 1. The molecule has 0 spiro atoms. The van der Waals surface area contributed by atoms with E-state index in [0.717, 1.165) is 6.20 Å². The zero-order chi connectivity index (χ0) is 25.3. The van der Waals surface area contributed by atoms with Crippen molar-refractivity contribution in [1.29, 1.82) is 0 Å². The monoisotopic (exact) mass is 504 g/mol. The molecule has 188 valence electrons. The summed E-state index contributed by atoms with van der Waals surface area (Å²) in [7, 11) is 0. The maximum absolute atomic E-state index is 13.4. The van der Waals surface area contributed by atoms with Gasteiger partial charge in [0.25, 0.3) is 5.91 Å². The first-order chi connectivity index (χ1) is 17.0. The van der Waals surface area contributed by atoms with E-state index in [-0.39, 0.29) is 23.4 Å². The van der Waals surface area contributed by atoms with Gasteiger partial charge in [0.05, 0.1) is 29.7 Å². The lowest BCUT2D eigenvalue weighted by molar-refractivity contribution is -0.274. The fraction of sp³-hybridized carbons (Fsp3) is 0.375. The van der Waals surface area contributed by atoms with Gasteiger partial charge in [0.1, 0.15) is 17.3 Å². The van der Waals surface area contributed by atoms with Gasteiger partial charge in [-0.1, -0.05) is 0 Å². The van der Waals surface area contributed by atoms with Crippen molar-refractivity contribution in [2.45, 2.75) is 55.3 Å². The molecule has 0 unspecified atom stereocenters. The molecule has 4 aliphatic rings. The van der Waals surface area contributed by atoms with Crippen LogP contribution in [-0.4, -0.2) is 43.8 Å². The maximum Gasteiger partial charge on any atom is 0.573 e. The Hall–Kier alpha value is -3.67. The molecule has 3 fully saturated rings. The number of aliphatic hydroxyl groups is 1. The number of carbonyl (C=O) groups excluding carboxylic acids is 1. The highest BCUT2D eigenvalue weighted by molar-refractivity contribution is 5.83. The Labute approximate surface area is 201 Å². The van der Waals surface area contributed by atoms with Crippen molar-refractivity contribution in [3.05, 3.63) is 60.3 Å². The number of nitrogens with zero attached hydrogens (tertiary/aromatic N) is 3. The zero-order valence-electron chi connectivity index (χ0n) is 18.6. The van der Waals surface area contributed by atoms with E-state index in [1.54, 1.807) is 12.4 Å². The van der Waals surface area contributed by atoms with Crippen molar-refractivity contribution < 1.29 is 36.9 Å². The molecule has 2 aromatic heterocycles. The first-order valence-electron chi connectivity index (χ1n) is 11.3. The lowest BCUT2D eigenvalue weighted by atomic mass is 9.44. The molecule has 36 heavy (non-hydrogen) atoms. The number of halogens is 4. The summed E-state index contributed by atoms with van der Waals surface area (Å²) in [6, 6.07) is 6.45. The van der Waals surface area contributed by atoms with Crippen LogP contribution in [0.25, 0.3) is 11.3 Å². The molecule has 7 rings (SSSR count). The van der Waals surface area contributed by atoms with Crippen LogP contribution >= 0.6 is 0 Å². The van der Waals surface area contributed by atoms with Crippen molar-refractivity contribution >= 4 is 5.91 Å². The van der Waals surface area contributed by atoms with Gasteiger partial charge < -0.3 is 19.9 Å². The zero-order valence-corrected chi connectivity index (χ0v) is 18.6. The van der Waals surface area contributed by atoms with Gasteiger partial charge in [-0.3, -0.25) is 14.5 Å². The predicted octanol–water partition coefficient (Wildman–Crippen LogP) is 3.62. The van der Waals surface area contributed by atoms with Crippen LogP contribution in [0.5, 0.6) is 11.5 Å². The average molecular weight is 504 g/mol. The maximum atomic E-state index is 13.4. The van der Waals surface area contributed by atoms with E-state index < -0.39 is 30.1 Å². The normalized spacial score (nSPS) is 28.2. The highest BCUT2D eigenvalue weighted by Gasteiger charge is 2.70. The molecule has 3 aliphatic carbocycles. The Bertz CT molecular complexity index is 1320. The largest absolute Gasteiger partial charge is 0.573 e. The first kappa shape index (κ1) is 22.8. The van der Waals surface area contributed by atoms with Gasteiger partial charge in [-0.2, -0.15) is 5.10 Å². The number of ether oxygens (including phenoxy) is 2. The van der Waals surface area contributed by atoms with Gasteiger partial charge in [0.2, 0.25) is 0 Å². The van der Waals surface area contributed by atoms with Crippen LogP contribution in [-0.2, 0) is 10.3 Å². The van der Waals surface area contributed by atoms with Crippen LogP contribution in [0, 0.1) is 5.82 Å². The fourth-order valence-corrected chi connectivity index (χ4v) is 5.49. The summed E-state index contributed by atoms with van der Waals surface area (Å²) in [5, 5.41) is 17.8. The number of rotatable bonds is 5. The minimum Gasteiger partial charge on any atom is -0.480 e. The second kappa shape index (κ2) is 7.66. The summed E-state index contributed by atoms with van der Waals surface area (Å²) in [6.07, 6.45) is -0.252. The SMILES string of the molecule is O=C(NC12CC(n3cc(-c4ccc(OC(F)(F)F)cn4)cn3)(C1)C2)[C@H]1C[C@@H](O)c2cc(F)ccc2O1. The van der Waals surface area contributed by atoms with Gasteiger partial charge in [-0.15, -0.1) is 13.2 Å². The second-order valence-electron chi connectivity index (χ2n) is 9.66. The number of pyridine rings is 1. The lowest BCUT2D eigenvalue weighted by Crippen LogP contribution is -2.79. The minimum atomic E-state index is -4.78. The number of hydrogen-bond acceptors (Lipinski definition) is 6. The van der Waals surface area contributed by atoms with Crippen molar-refractivity contribution in [2.75, 3.05) is 0 Å². The third-order valence-electron chi connectivity index (χ3n) is 7.05. The lowest BCUT2D eigenvalue weighted by Gasteiger charge is -2.70. The third-order valence-corrected chi connectivity index (χ3v) is 7.05. The van der Waals surface area contributed by atoms with E-state index in [1.165, 1.54) is 30.3 Å². The topological polar surface area (TPSA) is 98.5 Å². The van der Waals surface area contributed by atoms with Gasteiger partial charge >= 0.3 is 6.36 Å². The van der Waals surface area contributed by atoms with Gasteiger partial charge in [-0.05, 0) is 49.6 Å². The third kappa shape index (κ3) is 3.85. The second-order valence-corrected chi connectivity index (χ2v) is 9.66. The number of alkyl halides is 3. The van der Waals surface area contributed by atoms with Crippen LogP contribution < -0.4 is 14.8 Å². The van der Waals surface area contributed by atoms with E-state index in [0.29, 0.717) is 41.8 Å². The molecule has 1 aromatic carbocycles. The highest BCUT2D eigenvalue weighted by atomic mass is 19.4. The van der Waals surface area contributed by atoms with Gasteiger partial charge in [0, 0.05) is 29.3 Å². The molecule has 3 saturated carbocycles. The summed E-state index contributed by atoms with van der Waals surface area (Å²) >= 11 is 0. The summed E-state index contributed by atoms with van der Waals surface area (Å²) in [4.78, 5) is 16.9. The van der Waals surface area contributed by atoms with E-state index in [9.17, 15) is 27.5 Å². The number of nitrogens with one attached hydrogen (secondary N) is 1. The first-order valence-corrected chi connectivity index (χ1v) is 11.3. The molecule has 0 radical (unpaired) electrons. The molecule has 0 saturated heterocycles. The molecule has 2 N–H and O–H groups in total. The van der Waals surface area contributed by atoms with Crippen LogP contribution in [0.3, 0.4) is 0 Å². The molecule has 12 heteroatoms. The molecular weight excluding hydrogens is 484 g/mol. The van der Waals surface area contributed by atoms with Crippen molar-refractivity contribution in [2.24, 2.45) is 0 Å². The molecular formula is C24H20F4N4O4. The average Bonchev–Trinajstić information content (AvgIpc) is 3.24. The summed E-state index contributed by atoms with van der Waals surface area (Å²) < 4.78 is 61.8. The van der Waals surface area contributed by atoms with Gasteiger partial charge in [0.15, 0.2) is 6.10 Å². The summed E-state index contributed by atoms with van der Waals surface area (Å²) in [6.45, 7) is 0. The predicted molar refractivity (Wildman–Crippen MR) is 115 cm³/mol. The van der Waals surface area contributed by atoms with Crippen molar-refractivity contribution in [3.63, 3.8) is 0 Å². The molecule has 2 atom stereocenters. The number of aromatic nitrogens is 3. The Morgan fingerprint density at radius 1 is 1.19 bits per heavy atom. The number of benzene rings is 1. The van der Waals surface area contributed by atoms with E-state index in [4.69, 9.17) is 4.74 Å². The Morgan fingerprint density at radius 2 is 1.97 bits per heavy atom. The summed E-state index contributed by atoms with van der Waals surface area (Å²) in [5.41, 5.74) is 0.807.